The minimum absolute atomic E-state index is 0.233. The van der Waals surface area contributed by atoms with Crippen molar-refractivity contribution in [1.29, 1.82) is 0 Å². The Bertz CT molecular complexity index is 1030. The van der Waals surface area contributed by atoms with Gasteiger partial charge in [-0.15, -0.1) is 0 Å². The Morgan fingerprint density at radius 2 is 1.54 bits per heavy atom. The summed E-state index contributed by atoms with van der Waals surface area (Å²) in [6.45, 7) is 0. The van der Waals surface area contributed by atoms with E-state index < -0.39 is 5.97 Å². The van der Waals surface area contributed by atoms with Gasteiger partial charge in [0.25, 0.3) is 0 Å². The van der Waals surface area contributed by atoms with Crippen molar-refractivity contribution in [2.45, 2.75) is 19.3 Å². The fourth-order valence-corrected chi connectivity index (χ4v) is 3.37. The van der Waals surface area contributed by atoms with Crippen molar-refractivity contribution in [1.82, 2.24) is 0 Å². The van der Waals surface area contributed by atoms with Gasteiger partial charge in [0.2, 0.25) is 0 Å². The van der Waals surface area contributed by atoms with Gasteiger partial charge in [0.15, 0.2) is 0 Å². The van der Waals surface area contributed by atoms with Crippen LogP contribution in [0.25, 0.3) is 10.8 Å². The Kier molecular flexibility index (Phi) is 5.20. The van der Waals surface area contributed by atoms with Crippen LogP contribution in [0.3, 0.4) is 0 Å². The second-order valence-electron chi connectivity index (χ2n) is 6.75. The maximum absolute atomic E-state index is 12.6. The normalized spacial score (nSPS) is 15.9. The van der Waals surface area contributed by atoms with E-state index in [4.69, 9.17) is 9.47 Å². The van der Waals surface area contributed by atoms with E-state index in [1.54, 1.807) is 36.4 Å². The van der Waals surface area contributed by atoms with Crippen LogP contribution in [0.15, 0.2) is 78.9 Å². The predicted octanol–water partition coefficient (Wildman–Crippen LogP) is 5.32. The number of fused-ring (bicyclic) bond motifs is 1. The third-order valence-corrected chi connectivity index (χ3v) is 4.81. The van der Waals surface area contributed by atoms with Crippen LogP contribution in [0, 0.1) is 5.92 Å². The average molecular weight is 372 g/mol. The molecule has 0 fully saturated rings. The van der Waals surface area contributed by atoms with Crippen molar-refractivity contribution >= 4 is 22.7 Å². The molecule has 1 atom stereocenters. The Labute approximate surface area is 163 Å². The highest BCUT2D eigenvalue weighted by atomic mass is 16.5. The number of hydrogen-bond acceptors (Lipinski definition) is 4. The van der Waals surface area contributed by atoms with Crippen molar-refractivity contribution < 1.29 is 19.1 Å². The summed E-state index contributed by atoms with van der Waals surface area (Å²) in [6, 6.07) is 19.7. The lowest BCUT2D eigenvalue weighted by atomic mass is 9.96. The number of rotatable bonds is 4. The molecule has 0 N–H and O–H groups in total. The van der Waals surface area contributed by atoms with E-state index in [0.29, 0.717) is 22.4 Å². The van der Waals surface area contributed by atoms with E-state index in [2.05, 4.69) is 0 Å². The Morgan fingerprint density at radius 1 is 0.821 bits per heavy atom. The summed E-state index contributed by atoms with van der Waals surface area (Å²) in [5.74, 6) is -0.202. The molecule has 4 rings (SSSR count). The fraction of sp³-hybridized carbons (Fsp3) is 0.167. The van der Waals surface area contributed by atoms with E-state index in [-0.39, 0.29) is 11.9 Å². The summed E-state index contributed by atoms with van der Waals surface area (Å²) < 4.78 is 11.4. The third-order valence-electron chi connectivity index (χ3n) is 4.81. The highest BCUT2D eigenvalue weighted by Gasteiger charge is 2.21. The molecule has 1 unspecified atom stereocenters. The summed E-state index contributed by atoms with van der Waals surface area (Å²) in [6.07, 6.45) is 6.69. The first-order chi connectivity index (χ1) is 13.7. The van der Waals surface area contributed by atoms with Crippen molar-refractivity contribution in [3.8, 4) is 11.5 Å². The largest absolute Gasteiger partial charge is 0.425 e. The van der Waals surface area contributed by atoms with Gasteiger partial charge in [0.05, 0.1) is 16.9 Å². The number of benzene rings is 3. The molecule has 4 nitrogen and oxygen atoms in total. The lowest BCUT2D eigenvalue weighted by Crippen LogP contribution is -2.20. The smallest absolute Gasteiger partial charge is 0.343 e. The lowest BCUT2D eigenvalue weighted by molar-refractivity contribution is -0.137. The molecule has 4 heteroatoms. The molecule has 0 saturated heterocycles. The van der Waals surface area contributed by atoms with Gasteiger partial charge in [-0.3, -0.25) is 4.79 Å². The molecule has 0 bridgehead atoms. The number of allylic oxidation sites excluding steroid dienone is 1. The maximum atomic E-state index is 12.6. The van der Waals surface area contributed by atoms with Gasteiger partial charge in [-0.2, -0.15) is 0 Å². The van der Waals surface area contributed by atoms with Crippen LogP contribution >= 0.6 is 0 Å². The molecule has 3 aromatic rings. The summed E-state index contributed by atoms with van der Waals surface area (Å²) in [4.78, 5) is 25.1. The number of carbonyl (C=O) groups is 2. The second kappa shape index (κ2) is 8.09. The van der Waals surface area contributed by atoms with Gasteiger partial charge in [-0.25, -0.2) is 4.79 Å². The molecule has 0 spiro atoms. The molecule has 0 saturated carbocycles. The van der Waals surface area contributed by atoms with Crippen molar-refractivity contribution in [2.75, 3.05) is 0 Å². The molecule has 0 aliphatic heterocycles. The number of ether oxygens (including phenoxy) is 2. The number of esters is 2. The molecule has 1 aliphatic carbocycles. The molecular formula is C24H20O4. The van der Waals surface area contributed by atoms with E-state index in [1.807, 2.05) is 42.5 Å². The van der Waals surface area contributed by atoms with Crippen LogP contribution in [0.2, 0.25) is 0 Å². The Hall–Kier alpha value is -3.40. The van der Waals surface area contributed by atoms with Crippen LogP contribution in [-0.2, 0) is 4.79 Å². The van der Waals surface area contributed by atoms with Crippen LogP contribution in [0.4, 0.5) is 0 Å². The van der Waals surface area contributed by atoms with E-state index in [0.717, 1.165) is 24.6 Å². The monoisotopic (exact) mass is 372 g/mol. The highest BCUT2D eigenvalue weighted by molar-refractivity contribution is 5.99. The third kappa shape index (κ3) is 3.81. The van der Waals surface area contributed by atoms with Crippen LogP contribution in [-0.4, -0.2) is 11.9 Å². The zero-order valence-electron chi connectivity index (χ0n) is 15.3. The molecule has 3 aromatic carbocycles. The average Bonchev–Trinajstić information content (AvgIpc) is 2.75. The second-order valence-corrected chi connectivity index (χ2v) is 6.75. The molecule has 140 valence electrons. The van der Waals surface area contributed by atoms with Gasteiger partial charge in [0.1, 0.15) is 11.5 Å². The number of carbonyl (C=O) groups excluding carboxylic acids is 2. The Morgan fingerprint density at radius 3 is 2.21 bits per heavy atom. The van der Waals surface area contributed by atoms with Crippen molar-refractivity contribution in [3.05, 3.63) is 84.4 Å². The lowest BCUT2D eigenvalue weighted by Gasteiger charge is -2.17. The predicted molar refractivity (Wildman–Crippen MR) is 107 cm³/mol. The zero-order chi connectivity index (χ0) is 19.3. The first kappa shape index (κ1) is 18.0. The van der Waals surface area contributed by atoms with Gasteiger partial charge in [0, 0.05) is 0 Å². The quantitative estimate of drug-likeness (QED) is 0.353. The summed E-state index contributed by atoms with van der Waals surface area (Å²) >= 11 is 0. The number of hydrogen-bond donors (Lipinski definition) is 0. The standard InChI is InChI=1S/C24H20O4/c25-23(18-9-3-1-4-10-18)27-20-15-7-13-17-14-8-16-21(22(17)20)28-24(26)19-11-5-2-6-12-19/h1,3-5,7-11,13-16,19H,2,6,12H2. The van der Waals surface area contributed by atoms with Crippen molar-refractivity contribution in [3.63, 3.8) is 0 Å². The van der Waals surface area contributed by atoms with E-state index >= 15 is 0 Å². The summed E-state index contributed by atoms with van der Waals surface area (Å²) in [7, 11) is 0. The van der Waals surface area contributed by atoms with Crippen LogP contribution in [0.5, 0.6) is 11.5 Å². The maximum Gasteiger partial charge on any atom is 0.343 e. The molecule has 0 aromatic heterocycles. The van der Waals surface area contributed by atoms with Crippen molar-refractivity contribution in [2.24, 2.45) is 5.92 Å². The van der Waals surface area contributed by atoms with Gasteiger partial charge in [-0.05, 0) is 48.9 Å². The van der Waals surface area contributed by atoms with Crippen LogP contribution < -0.4 is 9.47 Å². The summed E-state index contributed by atoms with van der Waals surface area (Å²) in [5, 5.41) is 1.45. The van der Waals surface area contributed by atoms with Crippen LogP contribution in [0.1, 0.15) is 29.6 Å². The van der Waals surface area contributed by atoms with E-state index in [1.165, 1.54) is 0 Å². The molecule has 0 amide bonds. The Balaban J connectivity index is 1.66. The first-order valence-corrected chi connectivity index (χ1v) is 9.40. The summed E-state index contributed by atoms with van der Waals surface area (Å²) in [5.41, 5.74) is 0.460. The fourth-order valence-electron chi connectivity index (χ4n) is 3.37. The SMILES string of the molecule is O=C(Oc1cccc2cccc(OC(=O)C3C=CCCC3)c12)c1ccccc1. The zero-order valence-corrected chi connectivity index (χ0v) is 15.3. The minimum atomic E-state index is -0.454. The van der Waals surface area contributed by atoms with Gasteiger partial charge >= 0.3 is 11.9 Å². The van der Waals surface area contributed by atoms with E-state index in [9.17, 15) is 9.59 Å². The molecule has 0 heterocycles. The topological polar surface area (TPSA) is 52.6 Å². The minimum Gasteiger partial charge on any atom is -0.425 e. The van der Waals surface area contributed by atoms with Gasteiger partial charge in [-0.1, -0.05) is 54.6 Å². The molecule has 1 aliphatic rings. The molecular weight excluding hydrogens is 352 g/mol. The first-order valence-electron chi connectivity index (χ1n) is 9.40. The highest BCUT2D eigenvalue weighted by Crippen LogP contribution is 2.35. The molecule has 28 heavy (non-hydrogen) atoms. The van der Waals surface area contributed by atoms with Gasteiger partial charge < -0.3 is 9.47 Å². The molecule has 0 radical (unpaired) electrons.